The molecule has 1 aromatic heterocycles. The van der Waals surface area contributed by atoms with Gasteiger partial charge in [-0.25, -0.2) is 4.68 Å². The molecule has 0 aromatic carbocycles. The van der Waals surface area contributed by atoms with Crippen molar-refractivity contribution in [3.63, 3.8) is 0 Å². The number of anilines is 2. The Morgan fingerprint density at radius 3 is 2.63 bits per heavy atom. The van der Waals surface area contributed by atoms with Crippen molar-refractivity contribution in [3.8, 4) is 0 Å². The van der Waals surface area contributed by atoms with Gasteiger partial charge < -0.3 is 26.2 Å². The van der Waals surface area contributed by atoms with Crippen molar-refractivity contribution < 1.29 is 9.84 Å². The summed E-state index contributed by atoms with van der Waals surface area (Å²) in [4.78, 5) is 6.29. The molecule has 0 spiro atoms. The molecule has 2 heterocycles. The molecular formula is C10H18N6O2S. The number of hydrogen-bond donors (Lipinski definition) is 3. The van der Waals surface area contributed by atoms with E-state index in [9.17, 15) is 5.11 Å². The van der Waals surface area contributed by atoms with Gasteiger partial charge in [0.2, 0.25) is 11.9 Å². The minimum Gasteiger partial charge on any atom is -0.391 e. The largest absolute Gasteiger partial charge is 0.391 e. The molecule has 0 amide bonds. The van der Waals surface area contributed by atoms with Crippen molar-refractivity contribution in [1.82, 2.24) is 14.8 Å². The highest BCUT2D eigenvalue weighted by Gasteiger charge is 2.26. The Bertz CT molecular complexity index is 457. The molecule has 106 valence electrons. The molecule has 9 heteroatoms. The van der Waals surface area contributed by atoms with E-state index < -0.39 is 12.1 Å². The Morgan fingerprint density at radius 2 is 2.11 bits per heavy atom. The number of aromatic nitrogens is 3. The second-order valence-corrected chi connectivity index (χ2v) is 4.87. The lowest BCUT2D eigenvalue weighted by Crippen LogP contribution is -2.37. The highest BCUT2D eigenvalue weighted by molar-refractivity contribution is 7.80. The zero-order chi connectivity index (χ0) is 14.0. The molecule has 1 aliphatic rings. The maximum absolute atomic E-state index is 9.73. The van der Waals surface area contributed by atoms with Crippen LogP contribution in [0.15, 0.2) is 0 Å². The first-order chi connectivity index (χ1) is 9.00. The van der Waals surface area contributed by atoms with Crippen LogP contribution in [0.4, 0.5) is 11.9 Å². The molecule has 0 aliphatic carbocycles. The minimum atomic E-state index is -0.793. The Morgan fingerprint density at radius 1 is 1.47 bits per heavy atom. The Hall–Kier alpha value is -1.45. The normalized spacial score (nSPS) is 19.2. The predicted octanol–water partition coefficient (Wildman–Crippen LogP) is -1.10. The Balaban J connectivity index is 2.26. The van der Waals surface area contributed by atoms with Gasteiger partial charge >= 0.3 is 0 Å². The summed E-state index contributed by atoms with van der Waals surface area (Å²) in [7, 11) is 0. The summed E-state index contributed by atoms with van der Waals surface area (Å²) >= 11 is 4.94. The lowest BCUT2D eigenvalue weighted by atomic mass is 10.2. The van der Waals surface area contributed by atoms with Crippen LogP contribution in [0.2, 0.25) is 0 Å². The number of thiocarbonyl (C=S) groups is 1. The van der Waals surface area contributed by atoms with E-state index in [1.807, 2.05) is 4.90 Å². The molecule has 2 atom stereocenters. The second kappa shape index (κ2) is 5.68. The number of aliphatic hydroxyl groups excluding tert-OH is 1. The second-order valence-electron chi connectivity index (χ2n) is 4.40. The standard InChI is InChI=1S/C10H18N6O2S/c1-6(17)7(8(11)19)16-9(12)13-10(14-16)15-2-4-18-5-3-15/h6-7,17H,2-5H2,1H3,(H2,11,19)(H2,12,13,14). The molecule has 8 nitrogen and oxygen atoms in total. The number of ether oxygens (including phenoxy) is 1. The van der Waals surface area contributed by atoms with Crippen LogP contribution in [0.5, 0.6) is 0 Å². The zero-order valence-electron chi connectivity index (χ0n) is 10.7. The number of morpholine rings is 1. The molecule has 2 rings (SSSR count). The number of rotatable bonds is 4. The average Bonchev–Trinajstić information content (AvgIpc) is 2.72. The van der Waals surface area contributed by atoms with Crippen molar-refractivity contribution in [2.24, 2.45) is 5.73 Å². The summed E-state index contributed by atoms with van der Waals surface area (Å²) in [6.45, 7) is 4.25. The number of hydrogen-bond acceptors (Lipinski definition) is 7. The minimum absolute atomic E-state index is 0.125. The quantitative estimate of drug-likeness (QED) is 0.598. The van der Waals surface area contributed by atoms with Crippen LogP contribution < -0.4 is 16.4 Å². The van der Waals surface area contributed by atoms with E-state index >= 15 is 0 Å². The molecule has 0 radical (unpaired) electrons. The van der Waals surface area contributed by atoms with Crippen LogP contribution in [-0.4, -0.2) is 57.3 Å². The van der Waals surface area contributed by atoms with Gasteiger partial charge in [-0.05, 0) is 6.92 Å². The lowest BCUT2D eigenvalue weighted by molar-refractivity contribution is 0.121. The highest BCUT2D eigenvalue weighted by Crippen LogP contribution is 2.19. The van der Waals surface area contributed by atoms with Gasteiger partial charge in [-0.3, -0.25) is 0 Å². The third kappa shape index (κ3) is 2.94. The average molecular weight is 286 g/mol. The summed E-state index contributed by atoms with van der Waals surface area (Å²) in [6.07, 6.45) is -0.793. The molecule has 19 heavy (non-hydrogen) atoms. The Kier molecular flexibility index (Phi) is 4.17. The van der Waals surface area contributed by atoms with Gasteiger partial charge in [0.15, 0.2) is 0 Å². The predicted molar refractivity (Wildman–Crippen MR) is 75.0 cm³/mol. The summed E-state index contributed by atoms with van der Waals surface area (Å²) in [5.41, 5.74) is 11.4. The van der Waals surface area contributed by atoms with Crippen LogP contribution in [0, 0.1) is 0 Å². The van der Waals surface area contributed by atoms with Crippen molar-refractivity contribution >= 4 is 29.1 Å². The molecule has 1 fully saturated rings. The summed E-state index contributed by atoms with van der Waals surface area (Å²) in [5, 5.41) is 14.0. The highest BCUT2D eigenvalue weighted by atomic mass is 32.1. The fourth-order valence-corrected chi connectivity index (χ4v) is 2.29. The topological polar surface area (TPSA) is 115 Å². The van der Waals surface area contributed by atoms with Gasteiger partial charge in [-0.2, -0.15) is 4.98 Å². The van der Waals surface area contributed by atoms with E-state index in [0.29, 0.717) is 32.3 Å². The van der Waals surface area contributed by atoms with Gasteiger partial charge in [0, 0.05) is 13.1 Å². The van der Waals surface area contributed by atoms with Crippen LogP contribution in [-0.2, 0) is 4.74 Å². The fraction of sp³-hybridized carbons (Fsp3) is 0.700. The van der Waals surface area contributed by atoms with Gasteiger partial charge in [0.25, 0.3) is 0 Å². The maximum atomic E-state index is 9.73. The van der Waals surface area contributed by atoms with E-state index in [4.69, 9.17) is 28.4 Å². The van der Waals surface area contributed by atoms with Crippen LogP contribution in [0.25, 0.3) is 0 Å². The number of nitrogens with zero attached hydrogens (tertiary/aromatic N) is 4. The van der Waals surface area contributed by atoms with Crippen LogP contribution in [0.1, 0.15) is 13.0 Å². The molecule has 0 bridgehead atoms. The van der Waals surface area contributed by atoms with Gasteiger partial charge in [-0.15, -0.1) is 5.10 Å². The molecule has 5 N–H and O–H groups in total. The summed E-state index contributed by atoms with van der Waals surface area (Å²) in [6, 6.07) is -0.655. The first-order valence-electron chi connectivity index (χ1n) is 6.03. The molecule has 2 unspecified atom stereocenters. The zero-order valence-corrected chi connectivity index (χ0v) is 11.5. The molecule has 1 aliphatic heterocycles. The van der Waals surface area contributed by atoms with Crippen molar-refractivity contribution in [3.05, 3.63) is 0 Å². The van der Waals surface area contributed by atoms with Gasteiger partial charge in [0.05, 0.1) is 19.3 Å². The number of aliphatic hydroxyl groups is 1. The smallest absolute Gasteiger partial charge is 0.246 e. The van der Waals surface area contributed by atoms with Crippen molar-refractivity contribution in [1.29, 1.82) is 0 Å². The van der Waals surface area contributed by atoms with Crippen molar-refractivity contribution in [2.45, 2.75) is 19.1 Å². The van der Waals surface area contributed by atoms with Crippen molar-refractivity contribution in [2.75, 3.05) is 36.9 Å². The lowest BCUT2D eigenvalue weighted by Gasteiger charge is -2.25. The molecule has 1 aromatic rings. The first kappa shape index (κ1) is 14.0. The van der Waals surface area contributed by atoms with E-state index in [1.54, 1.807) is 6.92 Å². The maximum Gasteiger partial charge on any atom is 0.246 e. The van der Waals surface area contributed by atoms with E-state index in [2.05, 4.69) is 10.1 Å². The number of nitrogens with two attached hydrogens (primary N) is 2. The Labute approximate surface area is 116 Å². The van der Waals surface area contributed by atoms with Gasteiger partial charge in [0.1, 0.15) is 11.0 Å². The summed E-state index contributed by atoms with van der Waals surface area (Å²) < 4.78 is 6.64. The third-order valence-corrected chi connectivity index (χ3v) is 3.19. The van der Waals surface area contributed by atoms with E-state index in [1.165, 1.54) is 4.68 Å². The molecular weight excluding hydrogens is 268 g/mol. The SMILES string of the molecule is CC(O)C(C(N)=S)n1nc(N2CCOCC2)nc1N. The van der Waals surface area contributed by atoms with Gasteiger partial charge in [-0.1, -0.05) is 12.2 Å². The summed E-state index contributed by atoms with van der Waals surface area (Å²) in [5.74, 6) is 0.683. The fourth-order valence-electron chi connectivity index (χ4n) is 1.99. The monoisotopic (exact) mass is 286 g/mol. The van der Waals surface area contributed by atoms with Crippen LogP contribution in [0.3, 0.4) is 0 Å². The molecule has 0 saturated carbocycles. The van der Waals surface area contributed by atoms with E-state index in [0.717, 1.165) is 0 Å². The molecule has 1 saturated heterocycles. The number of nitrogen functional groups attached to an aromatic ring is 1. The first-order valence-corrected chi connectivity index (χ1v) is 6.43. The van der Waals surface area contributed by atoms with E-state index in [-0.39, 0.29) is 10.9 Å². The third-order valence-electron chi connectivity index (χ3n) is 2.95. The van der Waals surface area contributed by atoms with Crippen LogP contribution >= 0.6 is 12.2 Å².